The number of carbonyl (C=O) groups excluding carboxylic acids is 1. The number of hydrogen-bond acceptors (Lipinski definition) is 2. The highest BCUT2D eigenvalue weighted by molar-refractivity contribution is 9.10. The molecule has 0 saturated carbocycles. The molecule has 1 amide bonds. The highest BCUT2D eigenvalue weighted by Crippen LogP contribution is 2.31. The molecule has 0 aliphatic heterocycles. The van der Waals surface area contributed by atoms with Crippen molar-refractivity contribution in [3.05, 3.63) is 81.5 Å². The molecule has 0 fully saturated rings. The average Bonchev–Trinajstić information content (AvgIpc) is 3.09. The fraction of sp³-hybridized carbons (Fsp3) is 0. The number of anilines is 1. The van der Waals surface area contributed by atoms with Gasteiger partial charge in [-0.1, -0.05) is 39.7 Å². The highest BCUT2D eigenvalue weighted by Gasteiger charge is 2.16. The Morgan fingerprint density at radius 3 is 2.74 bits per heavy atom. The molecule has 0 aliphatic rings. The Balaban J connectivity index is 1.75. The number of carbonyl (C=O) groups is 1. The van der Waals surface area contributed by atoms with Crippen LogP contribution in [0.15, 0.2) is 65.1 Å². The maximum absolute atomic E-state index is 14.0. The third kappa shape index (κ3) is 3.59. The van der Waals surface area contributed by atoms with Crippen LogP contribution >= 0.6 is 27.5 Å². The summed E-state index contributed by atoms with van der Waals surface area (Å²) in [6.07, 6.45) is 0. The summed E-state index contributed by atoms with van der Waals surface area (Å²) in [6.45, 7) is 0. The lowest BCUT2D eigenvalue weighted by atomic mass is 10.1. The van der Waals surface area contributed by atoms with Gasteiger partial charge in [0.1, 0.15) is 11.6 Å². The van der Waals surface area contributed by atoms with Gasteiger partial charge in [0.05, 0.1) is 22.3 Å². The largest absolute Gasteiger partial charge is 0.338 e. The fourth-order valence-corrected chi connectivity index (χ4v) is 3.30. The zero-order valence-corrected chi connectivity index (χ0v) is 16.1. The van der Waals surface area contributed by atoms with Crippen molar-refractivity contribution in [1.82, 2.24) is 9.97 Å². The van der Waals surface area contributed by atoms with Crippen molar-refractivity contribution in [3.63, 3.8) is 0 Å². The maximum atomic E-state index is 14.0. The molecule has 0 atom stereocenters. The van der Waals surface area contributed by atoms with Crippen molar-refractivity contribution in [2.24, 2.45) is 0 Å². The summed E-state index contributed by atoms with van der Waals surface area (Å²) in [5.41, 5.74) is 2.69. The van der Waals surface area contributed by atoms with Gasteiger partial charge in [0, 0.05) is 15.1 Å². The number of para-hydroxylation sites is 2. The van der Waals surface area contributed by atoms with Crippen LogP contribution in [-0.2, 0) is 0 Å². The number of aromatic amines is 1. The molecule has 134 valence electrons. The van der Waals surface area contributed by atoms with Crippen molar-refractivity contribution in [3.8, 4) is 11.4 Å². The van der Waals surface area contributed by atoms with Crippen LogP contribution < -0.4 is 5.32 Å². The van der Waals surface area contributed by atoms with Crippen molar-refractivity contribution < 1.29 is 9.18 Å². The van der Waals surface area contributed by atoms with Gasteiger partial charge in [-0.3, -0.25) is 4.79 Å². The van der Waals surface area contributed by atoms with E-state index in [1.54, 1.807) is 18.2 Å². The highest BCUT2D eigenvalue weighted by atomic mass is 79.9. The predicted octanol–water partition coefficient (Wildman–Crippen LogP) is 6.04. The van der Waals surface area contributed by atoms with Crippen LogP contribution in [0.25, 0.3) is 22.4 Å². The van der Waals surface area contributed by atoms with Crippen LogP contribution in [0.1, 0.15) is 10.4 Å². The normalized spacial score (nSPS) is 10.9. The van der Waals surface area contributed by atoms with E-state index in [2.05, 4.69) is 31.2 Å². The molecule has 4 aromatic rings. The van der Waals surface area contributed by atoms with Crippen LogP contribution in [0, 0.1) is 5.82 Å². The Labute approximate surface area is 167 Å². The van der Waals surface area contributed by atoms with E-state index in [1.807, 2.05) is 24.3 Å². The topological polar surface area (TPSA) is 57.8 Å². The Morgan fingerprint density at radius 2 is 1.93 bits per heavy atom. The van der Waals surface area contributed by atoms with Gasteiger partial charge < -0.3 is 10.3 Å². The molecule has 1 aromatic heterocycles. The van der Waals surface area contributed by atoms with Gasteiger partial charge in [-0.15, -0.1) is 0 Å². The quantitative estimate of drug-likeness (QED) is 0.405. The van der Waals surface area contributed by atoms with E-state index in [4.69, 9.17) is 11.6 Å². The third-order valence-corrected chi connectivity index (χ3v) is 4.78. The Morgan fingerprint density at radius 1 is 1.11 bits per heavy atom. The van der Waals surface area contributed by atoms with Crippen LogP contribution in [0.5, 0.6) is 0 Å². The number of imidazole rings is 1. The summed E-state index contributed by atoms with van der Waals surface area (Å²) in [7, 11) is 0. The van der Waals surface area contributed by atoms with Crippen molar-refractivity contribution in [2.45, 2.75) is 0 Å². The first-order valence-electron chi connectivity index (χ1n) is 8.02. The molecule has 0 unspecified atom stereocenters. The summed E-state index contributed by atoms with van der Waals surface area (Å²) in [5.74, 6) is -0.604. The number of nitrogens with zero attached hydrogens (tertiary/aromatic N) is 1. The van der Waals surface area contributed by atoms with Gasteiger partial charge >= 0.3 is 0 Å². The van der Waals surface area contributed by atoms with Gasteiger partial charge in [0.25, 0.3) is 5.91 Å². The van der Waals surface area contributed by atoms with Gasteiger partial charge in [-0.05, 0) is 48.5 Å². The number of H-pyrrole nitrogens is 1. The van der Waals surface area contributed by atoms with Gasteiger partial charge in [-0.25, -0.2) is 9.37 Å². The minimum Gasteiger partial charge on any atom is -0.338 e. The molecule has 0 aliphatic carbocycles. The lowest BCUT2D eigenvalue weighted by molar-refractivity contribution is 0.102. The minimum atomic E-state index is -0.602. The second-order valence-corrected chi connectivity index (χ2v) is 7.22. The van der Waals surface area contributed by atoms with E-state index >= 15 is 0 Å². The summed E-state index contributed by atoms with van der Waals surface area (Å²) >= 11 is 9.40. The number of amides is 1. The Kier molecular flexibility index (Phi) is 4.68. The molecular weight excluding hydrogens is 433 g/mol. The van der Waals surface area contributed by atoms with E-state index in [9.17, 15) is 9.18 Å². The summed E-state index contributed by atoms with van der Waals surface area (Å²) < 4.78 is 14.6. The molecule has 0 spiro atoms. The second-order valence-electron chi connectivity index (χ2n) is 5.87. The molecule has 7 heteroatoms. The summed E-state index contributed by atoms with van der Waals surface area (Å²) in [6, 6.07) is 16.8. The van der Waals surface area contributed by atoms with Crippen LogP contribution in [0.2, 0.25) is 5.02 Å². The number of rotatable bonds is 3. The number of benzene rings is 3. The zero-order chi connectivity index (χ0) is 19.0. The van der Waals surface area contributed by atoms with Crippen LogP contribution in [-0.4, -0.2) is 15.9 Å². The molecule has 4 nitrogen and oxygen atoms in total. The van der Waals surface area contributed by atoms with E-state index in [1.165, 1.54) is 18.2 Å². The number of fused-ring (bicyclic) bond motifs is 1. The van der Waals surface area contributed by atoms with E-state index in [0.717, 1.165) is 11.0 Å². The van der Waals surface area contributed by atoms with Crippen molar-refractivity contribution in [2.75, 3.05) is 5.32 Å². The Bertz CT molecular complexity index is 1140. The third-order valence-electron chi connectivity index (χ3n) is 4.05. The number of aromatic nitrogens is 2. The minimum absolute atomic E-state index is 0.0603. The van der Waals surface area contributed by atoms with Crippen LogP contribution in [0.4, 0.5) is 10.1 Å². The molecule has 27 heavy (non-hydrogen) atoms. The number of halogens is 3. The SMILES string of the molecule is O=C(Nc1ccc(Cl)cc1-c1nc2ccccc2[nH]1)c1cc(Br)ccc1F. The molecule has 0 saturated heterocycles. The standard InChI is InChI=1S/C20H12BrClFN3O/c21-11-5-7-15(23)13(9-11)20(27)26-16-8-6-12(22)10-14(16)19-24-17-3-1-2-4-18(17)25-19/h1-10H,(H,24,25)(H,26,27). The van der Waals surface area contributed by atoms with E-state index < -0.39 is 11.7 Å². The summed E-state index contributed by atoms with van der Waals surface area (Å²) in [4.78, 5) is 20.4. The molecule has 0 radical (unpaired) electrons. The van der Waals surface area contributed by atoms with Crippen molar-refractivity contribution in [1.29, 1.82) is 0 Å². The lowest BCUT2D eigenvalue weighted by Crippen LogP contribution is -2.14. The first-order valence-corrected chi connectivity index (χ1v) is 9.19. The molecule has 0 bridgehead atoms. The first-order chi connectivity index (χ1) is 13.0. The van der Waals surface area contributed by atoms with E-state index in [-0.39, 0.29) is 5.56 Å². The van der Waals surface area contributed by atoms with Gasteiger partial charge in [0.2, 0.25) is 0 Å². The first kappa shape index (κ1) is 17.7. The monoisotopic (exact) mass is 443 g/mol. The van der Waals surface area contributed by atoms with Gasteiger partial charge in [-0.2, -0.15) is 0 Å². The lowest BCUT2D eigenvalue weighted by Gasteiger charge is -2.11. The summed E-state index contributed by atoms with van der Waals surface area (Å²) in [5, 5.41) is 3.24. The average molecular weight is 445 g/mol. The number of hydrogen-bond donors (Lipinski definition) is 2. The van der Waals surface area contributed by atoms with E-state index in [0.29, 0.717) is 26.6 Å². The predicted molar refractivity (Wildman–Crippen MR) is 109 cm³/mol. The maximum Gasteiger partial charge on any atom is 0.258 e. The molecule has 4 rings (SSSR count). The fourth-order valence-electron chi connectivity index (χ4n) is 2.76. The zero-order valence-electron chi connectivity index (χ0n) is 13.8. The number of nitrogens with one attached hydrogen (secondary N) is 2. The second kappa shape index (κ2) is 7.13. The van der Waals surface area contributed by atoms with Gasteiger partial charge in [0.15, 0.2) is 0 Å². The molecular formula is C20H12BrClFN3O. The molecule has 1 heterocycles. The Hall–Kier alpha value is -2.70. The molecule has 3 aromatic carbocycles. The smallest absolute Gasteiger partial charge is 0.258 e. The van der Waals surface area contributed by atoms with Crippen molar-refractivity contribution >= 4 is 50.2 Å². The molecule has 2 N–H and O–H groups in total. The van der Waals surface area contributed by atoms with Crippen LogP contribution in [0.3, 0.4) is 0 Å².